The number of ether oxygens (including phenoxy) is 1. The molecule has 1 saturated heterocycles. The summed E-state index contributed by atoms with van der Waals surface area (Å²) in [6.45, 7) is 6.27. The summed E-state index contributed by atoms with van der Waals surface area (Å²) in [7, 11) is 0. The third kappa shape index (κ3) is 5.57. The number of rotatable bonds is 7. The van der Waals surface area contributed by atoms with Crippen LogP contribution in [0.4, 0.5) is 11.6 Å². The molecule has 1 aliphatic rings. The number of aromatic nitrogens is 4. The highest BCUT2D eigenvalue weighted by atomic mass is 16.5. The smallest absolute Gasteiger partial charge is 0.255 e. The second-order valence-corrected chi connectivity index (χ2v) is 8.12. The number of morpholine rings is 1. The predicted octanol–water partition coefficient (Wildman–Crippen LogP) is 1.80. The fourth-order valence-electron chi connectivity index (χ4n) is 3.85. The Hall–Kier alpha value is -3.79. The predicted molar refractivity (Wildman–Crippen MR) is 129 cm³/mol. The van der Waals surface area contributed by atoms with Gasteiger partial charge in [0.05, 0.1) is 13.2 Å². The molecule has 1 aliphatic heterocycles. The minimum absolute atomic E-state index is 0.132. The molecule has 0 saturated carbocycles. The van der Waals surface area contributed by atoms with E-state index in [1.807, 2.05) is 17.9 Å². The Kier molecular flexibility index (Phi) is 7.17. The topological polar surface area (TPSA) is 133 Å². The molecule has 0 spiro atoms. The van der Waals surface area contributed by atoms with Gasteiger partial charge in [0.1, 0.15) is 5.82 Å². The van der Waals surface area contributed by atoms with Crippen molar-refractivity contribution in [1.82, 2.24) is 19.9 Å². The Labute approximate surface area is 196 Å². The van der Waals surface area contributed by atoms with Crippen molar-refractivity contribution in [2.24, 2.45) is 0 Å². The average Bonchev–Trinajstić information content (AvgIpc) is 2.83. The quantitative estimate of drug-likeness (QED) is 0.486. The number of hydrogen-bond acceptors (Lipinski definition) is 7. The van der Waals surface area contributed by atoms with E-state index in [0.29, 0.717) is 72.7 Å². The first kappa shape index (κ1) is 23.4. The maximum atomic E-state index is 12.6. The van der Waals surface area contributed by atoms with Crippen LogP contribution in [0, 0.1) is 6.92 Å². The zero-order valence-electron chi connectivity index (χ0n) is 19.3. The molecule has 10 heteroatoms. The summed E-state index contributed by atoms with van der Waals surface area (Å²) in [6, 6.07) is 8.60. The van der Waals surface area contributed by atoms with Gasteiger partial charge in [-0.15, -0.1) is 0 Å². The monoisotopic (exact) mass is 464 g/mol. The summed E-state index contributed by atoms with van der Waals surface area (Å²) in [5, 5.41) is 2.85. The summed E-state index contributed by atoms with van der Waals surface area (Å²) < 4.78 is 5.34. The fraction of sp³-hybridized carbons (Fsp3) is 0.375. The molecule has 0 unspecified atom stereocenters. The van der Waals surface area contributed by atoms with Crippen LogP contribution >= 0.6 is 0 Å². The summed E-state index contributed by atoms with van der Waals surface area (Å²) >= 11 is 0. The number of amides is 1. The van der Waals surface area contributed by atoms with Gasteiger partial charge in [-0.3, -0.25) is 19.4 Å². The lowest BCUT2D eigenvalue weighted by Gasteiger charge is -2.27. The van der Waals surface area contributed by atoms with Crippen LogP contribution in [-0.2, 0) is 22.4 Å². The highest BCUT2D eigenvalue weighted by molar-refractivity contribution is 5.91. The molecule has 10 nitrogen and oxygen atoms in total. The molecule has 0 aliphatic carbocycles. The number of carbonyl (C=O) groups excluding carboxylic acids is 1. The minimum Gasteiger partial charge on any atom is -0.378 e. The van der Waals surface area contributed by atoms with Crippen molar-refractivity contribution in [1.29, 1.82) is 0 Å². The van der Waals surface area contributed by atoms with Gasteiger partial charge < -0.3 is 19.9 Å². The zero-order chi connectivity index (χ0) is 24.1. The summed E-state index contributed by atoms with van der Waals surface area (Å²) in [6.07, 6.45) is 1.05. The Bertz CT molecular complexity index is 1290. The number of nitrogens with one attached hydrogen (secondary N) is 3. The van der Waals surface area contributed by atoms with E-state index in [9.17, 15) is 14.4 Å². The molecule has 0 bridgehead atoms. The second kappa shape index (κ2) is 10.4. The van der Waals surface area contributed by atoms with Gasteiger partial charge in [0.15, 0.2) is 0 Å². The van der Waals surface area contributed by atoms with E-state index >= 15 is 0 Å². The van der Waals surface area contributed by atoms with Gasteiger partial charge >= 0.3 is 0 Å². The van der Waals surface area contributed by atoms with Crippen LogP contribution in [0.15, 0.2) is 39.9 Å². The lowest BCUT2D eigenvalue weighted by atomic mass is 10.1. The first-order chi connectivity index (χ1) is 16.4. The van der Waals surface area contributed by atoms with E-state index in [1.165, 1.54) is 6.07 Å². The Morgan fingerprint density at radius 1 is 1.15 bits per heavy atom. The van der Waals surface area contributed by atoms with Gasteiger partial charge in [-0.05, 0) is 31.9 Å². The van der Waals surface area contributed by atoms with E-state index in [4.69, 9.17) is 4.74 Å². The number of aromatic amines is 2. The molecule has 34 heavy (non-hydrogen) atoms. The number of carbonyl (C=O) groups is 1. The number of aryl methyl sites for hydroxylation is 2. The Morgan fingerprint density at radius 2 is 1.94 bits per heavy atom. The summed E-state index contributed by atoms with van der Waals surface area (Å²) in [5.74, 6) is 0.764. The molecule has 1 amide bonds. The molecule has 4 rings (SSSR count). The minimum atomic E-state index is -0.227. The van der Waals surface area contributed by atoms with Crippen LogP contribution in [-0.4, -0.2) is 52.1 Å². The van der Waals surface area contributed by atoms with Crippen molar-refractivity contribution in [3.05, 3.63) is 68.0 Å². The van der Waals surface area contributed by atoms with Crippen molar-refractivity contribution in [3.63, 3.8) is 0 Å². The first-order valence-electron chi connectivity index (χ1n) is 11.4. The van der Waals surface area contributed by atoms with Gasteiger partial charge in [-0.25, -0.2) is 9.97 Å². The Balaban J connectivity index is 1.42. The van der Waals surface area contributed by atoms with E-state index in [1.54, 1.807) is 25.1 Å². The van der Waals surface area contributed by atoms with E-state index in [-0.39, 0.29) is 29.9 Å². The zero-order valence-corrected chi connectivity index (χ0v) is 19.3. The summed E-state index contributed by atoms with van der Waals surface area (Å²) in [4.78, 5) is 53.6. The third-order valence-corrected chi connectivity index (χ3v) is 5.70. The molecule has 2 aromatic heterocycles. The van der Waals surface area contributed by atoms with Crippen molar-refractivity contribution in [2.45, 2.75) is 33.1 Å². The number of hydrogen-bond donors (Lipinski definition) is 3. The maximum absolute atomic E-state index is 12.6. The highest BCUT2D eigenvalue weighted by Crippen LogP contribution is 2.19. The number of nitrogens with zero attached hydrogens (tertiary/aromatic N) is 3. The molecule has 178 valence electrons. The average molecular weight is 465 g/mol. The normalized spacial score (nSPS) is 13.6. The van der Waals surface area contributed by atoms with Crippen LogP contribution in [0.5, 0.6) is 0 Å². The van der Waals surface area contributed by atoms with Crippen LogP contribution in [0.1, 0.15) is 30.3 Å². The van der Waals surface area contributed by atoms with E-state index < -0.39 is 0 Å². The number of benzene rings is 1. The second-order valence-electron chi connectivity index (χ2n) is 8.12. The van der Waals surface area contributed by atoms with Crippen LogP contribution in [0.3, 0.4) is 0 Å². The highest BCUT2D eigenvalue weighted by Gasteiger charge is 2.17. The first-order valence-corrected chi connectivity index (χ1v) is 11.4. The third-order valence-electron chi connectivity index (χ3n) is 5.70. The molecular formula is C24H28N6O4. The van der Waals surface area contributed by atoms with Gasteiger partial charge in [-0.1, -0.05) is 19.1 Å². The molecular weight excluding hydrogens is 436 g/mol. The Morgan fingerprint density at radius 3 is 2.68 bits per heavy atom. The molecule has 1 aromatic carbocycles. The summed E-state index contributed by atoms with van der Waals surface area (Å²) in [5.41, 5.74) is 2.64. The number of H-pyrrole nitrogens is 2. The SMILES string of the molecule is CCc1cc(=O)[nH]c(-c2cccc(NC(=O)CCc3c(C)nc(N4CCOCC4)[nH]c3=O)c2)n1. The molecule has 0 radical (unpaired) electrons. The van der Waals surface area contributed by atoms with Crippen molar-refractivity contribution >= 4 is 17.5 Å². The molecule has 0 atom stereocenters. The standard InChI is InChI=1S/C24H28N6O4/c1-3-17-14-21(32)28-22(27-17)16-5-4-6-18(13-16)26-20(31)8-7-19-15(2)25-24(29-23(19)33)30-9-11-34-12-10-30/h4-6,13-14H,3,7-12H2,1-2H3,(H,26,31)(H,25,29,33)(H,27,28,32). The molecule has 3 heterocycles. The van der Waals surface area contributed by atoms with E-state index in [0.717, 1.165) is 0 Å². The number of anilines is 2. The maximum Gasteiger partial charge on any atom is 0.255 e. The molecule has 1 fully saturated rings. The van der Waals surface area contributed by atoms with Gasteiger partial charge in [0, 0.05) is 53.8 Å². The van der Waals surface area contributed by atoms with E-state index in [2.05, 4.69) is 25.3 Å². The van der Waals surface area contributed by atoms with Gasteiger partial charge in [0.2, 0.25) is 11.9 Å². The van der Waals surface area contributed by atoms with Crippen LogP contribution < -0.4 is 21.3 Å². The lowest BCUT2D eigenvalue weighted by molar-refractivity contribution is -0.116. The largest absolute Gasteiger partial charge is 0.378 e. The molecule has 3 aromatic rings. The van der Waals surface area contributed by atoms with Crippen LogP contribution in [0.2, 0.25) is 0 Å². The van der Waals surface area contributed by atoms with Crippen molar-refractivity contribution in [2.75, 3.05) is 36.5 Å². The fourth-order valence-corrected chi connectivity index (χ4v) is 3.85. The molecule has 3 N–H and O–H groups in total. The van der Waals surface area contributed by atoms with Crippen molar-refractivity contribution < 1.29 is 9.53 Å². The van der Waals surface area contributed by atoms with Crippen molar-refractivity contribution in [3.8, 4) is 11.4 Å². The van der Waals surface area contributed by atoms with Crippen LogP contribution in [0.25, 0.3) is 11.4 Å². The van der Waals surface area contributed by atoms with Gasteiger partial charge in [0.25, 0.3) is 11.1 Å². The lowest BCUT2D eigenvalue weighted by Crippen LogP contribution is -2.38. The van der Waals surface area contributed by atoms with Gasteiger partial charge in [-0.2, -0.15) is 0 Å².